The first-order valence-electron chi connectivity index (χ1n) is 11.9. The van der Waals surface area contributed by atoms with Crippen LogP contribution in [0, 0.1) is 11.6 Å². The molecule has 0 radical (unpaired) electrons. The molecule has 4 aromatic rings. The van der Waals surface area contributed by atoms with Gasteiger partial charge in [-0.25, -0.2) is 8.78 Å². The van der Waals surface area contributed by atoms with Crippen molar-refractivity contribution in [2.24, 2.45) is 0 Å². The second kappa shape index (κ2) is 11.1. The maximum Gasteiger partial charge on any atom is 0.257 e. The van der Waals surface area contributed by atoms with Gasteiger partial charge in [0.2, 0.25) is 0 Å². The zero-order valence-corrected chi connectivity index (χ0v) is 21.3. The van der Waals surface area contributed by atoms with E-state index in [2.05, 4.69) is 9.71 Å². The number of pyridine rings is 1. The van der Waals surface area contributed by atoms with E-state index in [0.29, 0.717) is 17.0 Å². The van der Waals surface area contributed by atoms with Crippen molar-refractivity contribution >= 4 is 40.4 Å². The number of hydrogen-bond acceptors (Lipinski definition) is 6. The third-order valence-corrected chi connectivity index (χ3v) is 7.22. The highest BCUT2D eigenvalue weighted by Gasteiger charge is 2.28. The Labute approximate surface area is 222 Å². The van der Waals surface area contributed by atoms with Crippen molar-refractivity contribution in [2.75, 3.05) is 38.0 Å². The largest absolute Gasteiger partial charge is 0.495 e. The molecule has 1 fully saturated rings. The van der Waals surface area contributed by atoms with Crippen LogP contribution in [-0.4, -0.2) is 59.9 Å². The van der Waals surface area contributed by atoms with Crippen LogP contribution in [0.1, 0.15) is 20.7 Å². The smallest absolute Gasteiger partial charge is 0.257 e. The van der Waals surface area contributed by atoms with Gasteiger partial charge in [0.05, 0.1) is 28.8 Å². The van der Waals surface area contributed by atoms with E-state index in [1.807, 2.05) is 30.3 Å². The monoisotopic (exact) mass is 534 g/mol. The van der Waals surface area contributed by atoms with E-state index in [1.54, 1.807) is 29.3 Å². The van der Waals surface area contributed by atoms with Crippen LogP contribution in [0.25, 0.3) is 10.9 Å². The van der Waals surface area contributed by atoms with Crippen molar-refractivity contribution in [3.63, 3.8) is 0 Å². The Bertz CT molecular complexity index is 1500. The van der Waals surface area contributed by atoms with Crippen LogP contribution in [0.15, 0.2) is 77.8 Å². The molecule has 7 nitrogen and oxygen atoms in total. The van der Waals surface area contributed by atoms with Gasteiger partial charge in [-0.2, -0.15) is 0 Å². The van der Waals surface area contributed by atoms with Crippen LogP contribution in [0.3, 0.4) is 0 Å². The second-order valence-corrected chi connectivity index (χ2v) is 9.48. The quantitative estimate of drug-likeness (QED) is 0.341. The molecule has 0 aliphatic carbocycles. The van der Waals surface area contributed by atoms with E-state index in [9.17, 15) is 18.4 Å². The summed E-state index contributed by atoms with van der Waals surface area (Å²) in [7, 11) is 1.54. The normalized spacial score (nSPS) is 13.4. The maximum absolute atomic E-state index is 14.0. The van der Waals surface area contributed by atoms with E-state index in [1.165, 1.54) is 36.1 Å². The third-order valence-electron chi connectivity index (χ3n) is 6.35. The number of halogens is 2. The van der Waals surface area contributed by atoms with Crippen LogP contribution in [0.4, 0.5) is 14.5 Å². The van der Waals surface area contributed by atoms with Gasteiger partial charge < -0.3 is 19.3 Å². The number of carbonyl (C=O) groups is 2. The van der Waals surface area contributed by atoms with Gasteiger partial charge in [0.1, 0.15) is 5.75 Å². The third kappa shape index (κ3) is 5.12. The lowest BCUT2D eigenvalue weighted by molar-refractivity contribution is 0.0532. The molecule has 3 aromatic carbocycles. The first kappa shape index (κ1) is 25.5. The molecular weight excluding hydrogens is 510 g/mol. The highest BCUT2D eigenvalue weighted by atomic mass is 32.2. The van der Waals surface area contributed by atoms with Crippen LogP contribution in [-0.2, 0) is 0 Å². The van der Waals surface area contributed by atoms with Crippen LogP contribution in [0.2, 0.25) is 0 Å². The van der Waals surface area contributed by atoms with Crippen molar-refractivity contribution in [2.45, 2.75) is 4.90 Å². The Morgan fingerprint density at radius 2 is 1.63 bits per heavy atom. The molecule has 10 heteroatoms. The number of methoxy groups -OCH3 is 1. The zero-order valence-electron chi connectivity index (χ0n) is 20.5. The lowest BCUT2D eigenvalue weighted by Crippen LogP contribution is -2.50. The number of nitrogens with one attached hydrogen (secondary N) is 1. The summed E-state index contributed by atoms with van der Waals surface area (Å²) in [5.74, 6) is -2.52. The summed E-state index contributed by atoms with van der Waals surface area (Å²) in [4.78, 5) is 34.3. The van der Waals surface area contributed by atoms with Crippen molar-refractivity contribution in [3.8, 4) is 5.75 Å². The molecule has 38 heavy (non-hydrogen) atoms. The van der Waals surface area contributed by atoms with Crippen molar-refractivity contribution in [1.82, 2.24) is 14.8 Å². The molecule has 0 atom stereocenters. The number of para-hydroxylation sites is 1. The minimum Gasteiger partial charge on any atom is -0.495 e. The van der Waals surface area contributed by atoms with E-state index in [0.717, 1.165) is 21.9 Å². The number of rotatable bonds is 6. The SMILES string of the molecule is COc1cc(C(=O)N2CCN(C(=O)c3cccc(F)c3F)CC2)ccc1NSc1cccc2cccnc12. The standard InChI is InChI=1S/C28H24F2N4O3S/c1-37-23-17-19(10-11-22(23)32-38-24-9-2-5-18-6-4-12-31-26(18)24)27(35)33-13-15-34(16-14-33)28(36)20-7-3-8-21(29)25(20)30/h2-12,17,32H,13-16H2,1H3. The molecule has 2 amide bonds. The Hall–Kier alpha value is -4.18. The number of hydrogen-bond donors (Lipinski definition) is 1. The number of anilines is 1. The molecule has 0 bridgehead atoms. The van der Waals surface area contributed by atoms with Crippen LogP contribution in [0.5, 0.6) is 5.75 Å². The molecule has 1 aromatic heterocycles. The van der Waals surface area contributed by atoms with Crippen LogP contribution >= 0.6 is 11.9 Å². The molecule has 1 aliphatic heterocycles. The Morgan fingerprint density at radius 3 is 2.39 bits per heavy atom. The van der Waals surface area contributed by atoms with Gasteiger partial charge in [0, 0.05) is 43.3 Å². The summed E-state index contributed by atoms with van der Waals surface area (Å²) in [6.07, 6.45) is 1.75. The number of benzene rings is 3. The number of piperazine rings is 1. The number of ether oxygens (including phenoxy) is 1. The molecular formula is C28H24F2N4O3S. The lowest BCUT2D eigenvalue weighted by atomic mass is 10.1. The topological polar surface area (TPSA) is 74.8 Å². The Balaban J connectivity index is 1.24. The summed E-state index contributed by atoms with van der Waals surface area (Å²) in [5.41, 5.74) is 1.72. The van der Waals surface area contributed by atoms with E-state index in [4.69, 9.17) is 4.74 Å². The zero-order chi connectivity index (χ0) is 26.6. The highest BCUT2D eigenvalue weighted by Crippen LogP contribution is 2.33. The Kier molecular flexibility index (Phi) is 7.41. The number of nitrogens with zero attached hydrogens (tertiary/aromatic N) is 3. The average molecular weight is 535 g/mol. The predicted molar refractivity (Wildman–Crippen MR) is 142 cm³/mol. The molecule has 1 aliphatic rings. The van der Waals surface area contributed by atoms with Crippen molar-refractivity contribution in [3.05, 3.63) is 95.7 Å². The summed E-state index contributed by atoms with van der Waals surface area (Å²) in [6.45, 7) is 0.974. The second-order valence-electron chi connectivity index (χ2n) is 8.64. The molecule has 5 rings (SSSR count). The minimum atomic E-state index is -1.16. The first-order valence-corrected chi connectivity index (χ1v) is 12.7. The minimum absolute atomic E-state index is 0.204. The predicted octanol–water partition coefficient (Wildman–Crippen LogP) is 5.24. The van der Waals surface area contributed by atoms with Gasteiger partial charge >= 0.3 is 0 Å². The number of carbonyl (C=O) groups excluding carboxylic acids is 2. The van der Waals surface area contributed by atoms with Gasteiger partial charge in [-0.1, -0.05) is 24.3 Å². The fraction of sp³-hybridized carbons (Fsp3) is 0.179. The van der Waals surface area contributed by atoms with Crippen molar-refractivity contribution < 1.29 is 23.1 Å². The van der Waals surface area contributed by atoms with Gasteiger partial charge in [-0.05, 0) is 54.4 Å². The van der Waals surface area contributed by atoms with Gasteiger partial charge in [0.15, 0.2) is 11.6 Å². The number of amides is 2. The number of fused-ring (bicyclic) bond motifs is 1. The molecule has 0 saturated carbocycles. The molecule has 0 unspecified atom stereocenters. The number of aromatic nitrogens is 1. The average Bonchev–Trinajstić information content (AvgIpc) is 2.96. The van der Waals surface area contributed by atoms with Gasteiger partial charge in [0.25, 0.3) is 11.8 Å². The maximum atomic E-state index is 14.0. The summed E-state index contributed by atoms with van der Waals surface area (Å²) in [6, 6.07) is 18.5. The van der Waals surface area contributed by atoms with Crippen LogP contribution < -0.4 is 9.46 Å². The summed E-state index contributed by atoms with van der Waals surface area (Å²) < 4.78 is 36.4. The summed E-state index contributed by atoms with van der Waals surface area (Å²) >= 11 is 1.40. The molecule has 0 spiro atoms. The van der Waals surface area contributed by atoms with E-state index in [-0.39, 0.29) is 37.6 Å². The highest BCUT2D eigenvalue weighted by molar-refractivity contribution is 8.00. The molecule has 2 heterocycles. The molecule has 1 saturated heterocycles. The van der Waals surface area contributed by atoms with E-state index >= 15 is 0 Å². The molecule has 1 N–H and O–H groups in total. The fourth-order valence-corrected chi connectivity index (χ4v) is 5.11. The Morgan fingerprint density at radius 1 is 0.921 bits per heavy atom. The van der Waals surface area contributed by atoms with Gasteiger partial charge in [-0.3, -0.25) is 14.6 Å². The van der Waals surface area contributed by atoms with Gasteiger partial charge in [-0.15, -0.1) is 0 Å². The first-order chi connectivity index (χ1) is 18.5. The summed E-state index contributed by atoms with van der Waals surface area (Å²) in [5, 5.41) is 1.04. The molecule has 194 valence electrons. The lowest BCUT2D eigenvalue weighted by Gasteiger charge is -2.35. The van der Waals surface area contributed by atoms with E-state index < -0.39 is 17.5 Å². The van der Waals surface area contributed by atoms with Crippen molar-refractivity contribution in [1.29, 1.82) is 0 Å². The fourth-order valence-electron chi connectivity index (χ4n) is 4.31.